The van der Waals surface area contributed by atoms with Gasteiger partial charge in [0.15, 0.2) is 0 Å². The molecular weight excluding hydrogens is 228 g/mol. The molecule has 1 aliphatic carbocycles. The second kappa shape index (κ2) is 6.50. The summed E-state index contributed by atoms with van der Waals surface area (Å²) in [5.41, 5.74) is 8.80. The molecule has 2 aliphatic rings. The van der Waals surface area contributed by atoms with Crippen molar-refractivity contribution in [2.24, 2.45) is 17.6 Å². The van der Waals surface area contributed by atoms with Crippen molar-refractivity contribution in [2.45, 2.75) is 25.7 Å². The summed E-state index contributed by atoms with van der Waals surface area (Å²) in [6.07, 6.45) is 4.32. The third kappa shape index (κ3) is 3.67. The summed E-state index contributed by atoms with van der Waals surface area (Å²) in [6.45, 7) is 4.62. The molecule has 1 heterocycles. The van der Waals surface area contributed by atoms with Gasteiger partial charge in [-0.3, -0.25) is 10.2 Å². The monoisotopic (exact) mass is 254 g/mol. The highest BCUT2D eigenvalue weighted by molar-refractivity contribution is 5.78. The van der Waals surface area contributed by atoms with Gasteiger partial charge in [0, 0.05) is 32.1 Å². The zero-order chi connectivity index (χ0) is 13.0. The molecule has 1 saturated heterocycles. The van der Waals surface area contributed by atoms with Crippen LogP contribution in [0.2, 0.25) is 0 Å². The lowest BCUT2D eigenvalue weighted by molar-refractivity contribution is -0.132. The van der Waals surface area contributed by atoms with Crippen LogP contribution in [-0.4, -0.2) is 55.6 Å². The number of rotatable bonds is 3. The van der Waals surface area contributed by atoms with Crippen LogP contribution in [0.25, 0.3) is 0 Å². The number of nitrogens with two attached hydrogens (primary N) is 1. The van der Waals surface area contributed by atoms with Gasteiger partial charge in [-0.15, -0.1) is 0 Å². The van der Waals surface area contributed by atoms with E-state index >= 15 is 0 Å². The van der Waals surface area contributed by atoms with Crippen LogP contribution in [0, 0.1) is 11.8 Å². The molecule has 0 aromatic carbocycles. The molecule has 0 spiro atoms. The predicted octanol–water partition coefficient (Wildman–Crippen LogP) is 0.0301. The Labute approximate surface area is 110 Å². The number of nitrogens with zero attached hydrogens (tertiary/aromatic N) is 2. The van der Waals surface area contributed by atoms with Crippen molar-refractivity contribution in [2.75, 3.05) is 39.8 Å². The van der Waals surface area contributed by atoms with E-state index in [0.29, 0.717) is 5.92 Å². The normalized spacial score (nSPS) is 31.2. The molecule has 2 fully saturated rings. The molecule has 2 rings (SSSR count). The maximum Gasteiger partial charge on any atom is 0.237 e. The first-order valence-electron chi connectivity index (χ1n) is 7.13. The van der Waals surface area contributed by atoms with Crippen LogP contribution in [0.3, 0.4) is 0 Å². The highest BCUT2D eigenvalue weighted by Crippen LogP contribution is 2.28. The average molecular weight is 254 g/mol. The molecule has 3 N–H and O–H groups in total. The molecule has 0 bridgehead atoms. The van der Waals surface area contributed by atoms with Crippen LogP contribution in [-0.2, 0) is 4.79 Å². The fourth-order valence-electron chi connectivity index (χ4n) is 2.91. The van der Waals surface area contributed by atoms with Gasteiger partial charge in [-0.2, -0.15) is 0 Å². The second-order valence-electron chi connectivity index (χ2n) is 5.73. The first-order valence-corrected chi connectivity index (χ1v) is 7.13. The van der Waals surface area contributed by atoms with Crippen molar-refractivity contribution in [3.8, 4) is 0 Å². The number of hydrazine groups is 1. The van der Waals surface area contributed by atoms with Crippen LogP contribution >= 0.6 is 0 Å². The van der Waals surface area contributed by atoms with Crippen molar-refractivity contribution in [3.63, 3.8) is 0 Å². The van der Waals surface area contributed by atoms with Gasteiger partial charge >= 0.3 is 0 Å². The van der Waals surface area contributed by atoms with Gasteiger partial charge in [-0.05, 0) is 38.8 Å². The van der Waals surface area contributed by atoms with Crippen LogP contribution in [0.4, 0.5) is 0 Å². The number of nitrogens with one attached hydrogen (secondary N) is 1. The Hall–Kier alpha value is -0.650. The summed E-state index contributed by atoms with van der Waals surface area (Å²) in [5, 5.41) is 2.06. The van der Waals surface area contributed by atoms with E-state index in [1.807, 2.05) is 0 Å². The minimum atomic E-state index is 0.173. The summed E-state index contributed by atoms with van der Waals surface area (Å²) in [5.74, 6) is 0.923. The highest BCUT2D eigenvalue weighted by atomic mass is 16.2. The van der Waals surface area contributed by atoms with Gasteiger partial charge in [0.1, 0.15) is 0 Å². The molecule has 1 saturated carbocycles. The summed E-state index contributed by atoms with van der Waals surface area (Å²) in [4.78, 5) is 14.5. The standard InChI is InChI=1S/C13H26N4O/c1-16-5-7-17(8-6-16)15-13(18)12-4-2-3-11(9-12)10-14/h11-12H,2-10,14H2,1H3,(H,15,18). The molecule has 2 unspecified atom stereocenters. The van der Waals surface area contributed by atoms with Crippen molar-refractivity contribution in [1.82, 2.24) is 15.3 Å². The molecule has 0 aromatic rings. The Morgan fingerprint density at radius 3 is 2.67 bits per heavy atom. The van der Waals surface area contributed by atoms with Gasteiger partial charge in [0.05, 0.1) is 0 Å². The lowest BCUT2D eigenvalue weighted by Gasteiger charge is -2.34. The Bertz CT molecular complexity index is 276. The molecule has 0 radical (unpaired) electrons. The van der Waals surface area contributed by atoms with E-state index < -0.39 is 0 Å². The SMILES string of the molecule is CN1CCN(NC(=O)C2CCCC(CN)C2)CC1. The minimum absolute atomic E-state index is 0.173. The molecule has 18 heavy (non-hydrogen) atoms. The smallest absolute Gasteiger partial charge is 0.237 e. The largest absolute Gasteiger partial charge is 0.330 e. The quantitative estimate of drug-likeness (QED) is 0.746. The van der Waals surface area contributed by atoms with Crippen LogP contribution in [0.1, 0.15) is 25.7 Å². The van der Waals surface area contributed by atoms with Crippen molar-refractivity contribution in [3.05, 3.63) is 0 Å². The van der Waals surface area contributed by atoms with E-state index in [1.165, 1.54) is 6.42 Å². The molecule has 104 valence electrons. The number of hydrogen-bond donors (Lipinski definition) is 2. The lowest BCUT2D eigenvalue weighted by Crippen LogP contribution is -2.54. The Morgan fingerprint density at radius 2 is 2.00 bits per heavy atom. The van der Waals surface area contributed by atoms with Crippen LogP contribution in [0.15, 0.2) is 0 Å². The molecule has 5 heteroatoms. The van der Waals surface area contributed by atoms with Gasteiger partial charge < -0.3 is 10.6 Å². The molecule has 0 aromatic heterocycles. The number of hydrogen-bond acceptors (Lipinski definition) is 4. The molecule has 2 atom stereocenters. The van der Waals surface area contributed by atoms with E-state index in [1.54, 1.807) is 0 Å². The molecule has 5 nitrogen and oxygen atoms in total. The number of likely N-dealkylation sites (N-methyl/N-ethyl adjacent to an activating group) is 1. The summed E-state index contributed by atoms with van der Waals surface area (Å²) in [6, 6.07) is 0. The summed E-state index contributed by atoms with van der Waals surface area (Å²) < 4.78 is 0. The number of carbonyl (C=O) groups excluding carboxylic acids is 1. The maximum absolute atomic E-state index is 12.2. The molecular formula is C13H26N4O. The molecule has 1 aliphatic heterocycles. The van der Waals surface area contributed by atoms with E-state index in [4.69, 9.17) is 5.73 Å². The Balaban J connectivity index is 1.77. The van der Waals surface area contributed by atoms with Crippen molar-refractivity contribution >= 4 is 5.91 Å². The Kier molecular flexibility index (Phi) is 4.97. The highest BCUT2D eigenvalue weighted by Gasteiger charge is 2.28. The molecule has 1 amide bonds. The third-order valence-corrected chi connectivity index (χ3v) is 4.26. The second-order valence-corrected chi connectivity index (χ2v) is 5.73. The number of piperazine rings is 1. The van der Waals surface area contributed by atoms with Crippen molar-refractivity contribution < 1.29 is 4.79 Å². The van der Waals surface area contributed by atoms with Gasteiger partial charge in [0.25, 0.3) is 0 Å². The van der Waals surface area contributed by atoms with Gasteiger partial charge in [-0.1, -0.05) is 6.42 Å². The van der Waals surface area contributed by atoms with Gasteiger partial charge in [0.2, 0.25) is 5.91 Å². The van der Waals surface area contributed by atoms with E-state index in [9.17, 15) is 4.79 Å². The van der Waals surface area contributed by atoms with Crippen LogP contribution < -0.4 is 11.2 Å². The zero-order valence-electron chi connectivity index (χ0n) is 11.4. The van der Waals surface area contributed by atoms with Crippen molar-refractivity contribution in [1.29, 1.82) is 0 Å². The lowest BCUT2D eigenvalue weighted by atomic mass is 9.81. The van der Waals surface area contributed by atoms with E-state index in [0.717, 1.165) is 52.0 Å². The summed E-state index contributed by atoms with van der Waals surface area (Å²) >= 11 is 0. The Morgan fingerprint density at radius 1 is 1.28 bits per heavy atom. The fourth-order valence-corrected chi connectivity index (χ4v) is 2.91. The first kappa shape index (κ1) is 13.8. The predicted molar refractivity (Wildman–Crippen MR) is 71.7 cm³/mol. The average Bonchev–Trinajstić information content (AvgIpc) is 2.41. The van der Waals surface area contributed by atoms with Gasteiger partial charge in [-0.25, -0.2) is 5.01 Å². The third-order valence-electron chi connectivity index (χ3n) is 4.26. The fraction of sp³-hybridized carbons (Fsp3) is 0.923. The number of carbonyl (C=O) groups is 1. The first-order chi connectivity index (χ1) is 8.69. The summed E-state index contributed by atoms with van der Waals surface area (Å²) in [7, 11) is 2.12. The minimum Gasteiger partial charge on any atom is -0.330 e. The zero-order valence-corrected chi connectivity index (χ0v) is 11.4. The maximum atomic E-state index is 12.2. The van der Waals surface area contributed by atoms with Crippen LogP contribution in [0.5, 0.6) is 0 Å². The number of amides is 1. The van der Waals surface area contributed by atoms with E-state index in [-0.39, 0.29) is 11.8 Å². The topological polar surface area (TPSA) is 61.6 Å². The van der Waals surface area contributed by atoms with E-state index in [2.05, 4.69) is 22.4 Å².